The highest BCUT2D eigenvalue weighted by molar-refractivity contribution is 5.82. The Morgan fingerprint density at radius 1 is 1.21 bits per heavy atom. The van der Waals surface area contributed by atoms with Gasteiger partial charge < -0.3 is 0 Å². The maximum absolute atomic E-state index is 11.5. The van der Waals surface area contributed by atoms with Gasteiger partial charge in [-0.15, -0.1) is 0 Å². The van der Waals surface area contributed by atoms with Gasteiger partial charge in [0.25, 0.3) is 0 Å². The molecule has 1 rings (SSSR count). The Balaban J connectivity index is 2.88. The quantitative estimate of drug-likeness (QED) is 0.815. The maximum atomic E-state index is 11.5. The van der Waals surface area contributed by atoms with Crippen LogP contribution in [0.25, 0.3) is 0 Å². The molecule has 3 heteroatoms. The number of carbonyl (C=O) groups excluding carboxylic acids is 1. The molecule has 0 radical (unpaired) electrons. The van der Waals surface area contributed by atoms with Crippen LogP contribution in [0.5, 0.6) is 0 Å². The van der Waals surface area contributed by atoms with Gasteiger partial charge in [-0.1, -0.05) is 6.07 Å². The molecule has 0 bridgehead atoms. The van der Waals surface area contributed by atoms with Gasteiger partial charge in [0.15, 0.2) is 5.78 Å². The maximum Gasteiger partial charge on any atom is 0.160 e. The number of likely N-dealkylation sites (N-methyl/N-ethyl adjacent to an activating group) is 1. The number of hydrogen-bond donors (Lipinski definition) is 0. The average molecular weight is 258 g/mol. The van der Waals surface area contributed by atoms with Crippen molar-refractivity contribution in [2.75, 3.05) is 13.6 Å². The lowest BCUT2D eigenvalue weighted by Gasteiger charge is -2.21. The lowest BCUT2D eigenvalue weighted by Crippen LogP contribution is -2.26. The molecule has 0 fully saturated rings. The first-order valence-electron chi connectivity index (χ1n) is 6.50. The van der Waals surface area contributed by atoms with Crippen LogP contribution >= 0.6 is 0 Å². The molecular weight excluding hydrogens is 236 g/mol. The fraction of sp³-hybridized carbons (Fsp3) is 0.500. The predicted molar refractivity (Wildman–Crippen MR) is 77.0 cm³/mol. The first kappa shape index (κ1) is 15.4. The van der Waals surface area contributed by atoms with Crippen molar-refractivity contribution in [3.8, 4) is 6.07 Å². The summed E-state index contributed by atoms with van der Waals surface area (Å²) in [6.07, 6.45) is -0.00481. The van der Waals surface area contributed by atoms with Crippen LogP contribution < -0.4 is 0 Å². The van der Waals surface area contributed by atoms with E-state index in [1.807, 2.05) is 18.0 Å². The molecule has 0 unspecified atom stereocenters. The minimum Gasteiger partial charge on any atom is -0.297 e. The van der Waals surface area contributed by atoms with E-state index in [4.69, 9.17) is 5.26 Å². The topological polar surface area (TPSA) is 44.1 Å². The van der Waals surface area contributed by atoms with Crippen LogP contribution in [-0.2, 0) is 11.3 Å². The van der Waals surface area contributed by atoms with Gasteiger partial charge in [-0.2, -0.15) is 5.26 Å². The minimum absolute atomic E-state index is 0.00481. The van der Waals surface area contributed by atoms with E-state index in [1.165, 1.54) is 27.8 Å². The number of nitrogens with zero attached hydrogens (tertiary/aromatic N) is 2. The third-order valence-electron chi connectivity index (χ3n) is 3.67. The Hall–Kier alpha value is -1.66. The summed E-state index contributed by atoms with van der Waals surface area (Å²) >= 11 is 0. The monoisotopic (exact) mass is 258 g/mol. The van der Waals surface area contributed by atoms with Gasteiger partial charge in [0.2, 0.25) is 0 Å². The van der Waals surface area contributed by atoms with Gasteiger partial charge in [0.05, 0.1) is 19.0 Å². The minimum atomic E-state index is -0.0234. The van der Waals surface area contributed by atoms with Crippen molar-refractivity contribution in [3.63, 3.8) is 0 Å². The van der Waals surface area contributed by atoms with Gasteiger partial charge in [-0.3, -0.25) is 9.69 Å². The molecule has 19 heavy (non-hydrogen) atoms. The predicted octanol–water partition coefficient (Wildman–Crippen LogP) is 2.83. The molecule has 0 saturated heterocycles. The molecule has 3 nitrogen and oxygen atoms in total. The summed E-state index contributed by atoms with van der Waals surface area (Å²) in [5, 5.41) is 8.51. The summed E-state index contributed by atoms with van der Waals surface area (Å²) in [5.41, 5.74) is 6.46. The van der Waals surface area contributed by atoms with E-state index in [2.05, 4.69) is 33.8 Å². The van der Waals surface area contributed by atoms with Gasteiger partial charge >= 0.3 is 0 Å². The molecule has 0 amide bonds. The lowest BCUT2D eigenvalue weighted by atomic mass is 9.94. The summed E-state index contributed by atoms with van der Waals surface area (Å²) < 4.78 is 0. The number of aryl methyl sites for hydroxylation is 2. The summed E-state index contributed by atoms with van der Waals surface area (Å²) in [6.45, 7) is 9.57. The van der Waals surface area contributed by atoms with Crippen LogP contribution in [0.4, 0.5) is 0 Å². The van der Waals surface area contributed by atoms with Crippen molar-refractivity contribution in [3.05, 3.63) is 33.9 Å². The van der Waals surface area contributed by atoms with E-state index in [9.17, 15) is 4.79 Å². The number of nitriles is 1. The highest BCUT2D eigenvalue weighted by Crippen LogP contribution is 2.22. The average Bonchev–Trinajstić information content (AvgIpc) is 2.32. The number of rotatable bonds is 5. The number of benzene rings is 1. The Bertz CT molecular complexity index is 500. The molecule has 0 N–H and O–H groups in total. The SMILES string of the molecule is Cc1cc(C)c(C)c(CN(C)CC(=O)CC#N)c1C. The second-order valence-electron chi connectivity index (χ2n) is 5.28. The van der Waals surface area contributed by atoms with E-state index in [0.29, 0.717) is 6.54 Å². The van der Waals surface area contributed by atoms with Crippen molar-refractivity contribution in [1.82, 2.24) is 4.90 Å². The first-order valence-corrected chi connectivity index (χ1v) is 6.50. The van der Waals surface area contributed by atoms with Crippen LogP contribution in [0.15, 0.2) is 6.07 Å². The van der Waals surface area contributed by atoms with Crippen LogP contribution in [-0.4, -0.2) is 24.3 Å². The zero-order valence-corrected chi connectivity index (χ0v) is 12.5. The largest absolute Gasteiger partial charge is 0.297 e. The van der Waals surface area contributed by atoms with Crippen LogP contribution in [0.2, 0.25) is 0 Å². The fourth-order valence-corrected chi connectivity index (χ4v) is 2.31. The normalized spacial score (nSPS) is 10.6. The second-order valence-corrected chi connectivity index (χ2v) is 5.28. The molecule has 0 aliphatic heterocycles. The molecular formula is C16H22N2O. The van der Waals surface area contributed by atoms with Crippen molar-refractivity contribution in [2.45, 2.75) is 40.7 Å². The molecule has 0 aromatic heterocycles. The fourth-order valence-electron chi connectivity index (χ4n) is 2.31. The van der Waals surface area contributed by atoms with Crippen LogP contribution in [0, 0.1) is 39.0 Å². The zero-order valence-electron chi connectivity index (χ0n) is 12.5. The lowest BCUT2D eigenvalue weighted by molar-refractivity contribution is -0.119. The molecule has 0 aliphatic rings. The van der Waals surface area contributed by atoms with Crippen molar-refractivity contribution >= 4 is 5.78 Å². The smallest absolute Gasteiger partial charge is 0.160 e. The van der Waals surface area contributed by atoms with Crippen molar-refractivity contribution in [1.29, 1.82) is 5.26 Å². The number of hydrogen-bond acceptors (Lipinski definition) is 3. The molecule has 0 aliphatic carbocycles. The van der Waals surface area contributed by atoms with Crippen LogP contribution in [0.3, 0.4) is 0 Å². The third-order valence-corrected chi connectivity index (χ3v) is 3.67. The number of ketones is 1. The van der Waals surface area contributed by atoms with Gasteiger partial charge in [0.1, 0.15) is 0 Å². The number of Topliss-reactive ketones (excluding diaryl/α,β-unsaturated/α-hetero) is 1. The van der Waals surface area contributed by atoms with Crippen molar-refractivity contribution < 1.29 is 4.79 Å². The Labute approximate surface area is 115 Å². The third kappa shape index (κ3) is 3.90. The van der Waals surface area contributed by atoms with Crippen LogP contribution in [0.1, 0.15) is 34.2 Å². The summed E-state index contributed by atoms with van der Waals surface area (Å²) in [4.78, 5) is 13.5. The highest BCUT2D eigenvalue weighted by atomic mass is 16.1. The Morgan fingerprint density at radius 3 is 2.21 bits per heavy atom. The second kappa shape index (κ2) is 6.49. The molecule has 0 heterocycles. The Kier molecular flexibility index (Phi) is 5.26. The van der Waals surface area contributed by atoms with E-state index >= 15 is 0 Å². The summed E-state index contributed by atoms with van der Waals surface area (Å²) in [7, 11) is 1.92. The Morgan fingerprint density at radius 2 is 1.74 bits per heavy atom. The molecule has 0 saturated carbocycles. The molecule has 102 valence electrons. The molecule has 1 aromatic rings. The van der Waals surface area contributed by atoms with E-state index in [1.54, 1.807) is 0 Å². The van der Waals surface area contributed by atoms with Crippen molar-refractivity contribution in [2.24, 2.45) is 0 Å². The van der Waals surface area contributed by atoms with E-state index < -0.39 is 0 Å². The van der Waals surface area contributed by atoms with Gasteiger partial charge in [0, 0.05) is 6.54 Å². The highest BCUT2D eigenvalue weighted by Gasteiger charge is 2.12. The standard InChI is InChI=1S/C16H22N2O/c1-11-8-12(2)14(4)16(13(11)3)10-18(5)9-15(19)6-7-17/h8H,6,9-10H2,1-5H3. The molecule has 1 aromatic carbocycles. The zero-order chi connectivity index (χ0) is 14.6. The number of carbonyl (C=O) groups is 1. The van der Waals surface area contributed by atoms with E-state index in [0.717, 1.165) is 6.54 Å². The molecule has 0 spiro atoms. The summed E-state index contributed by atoms with van der Waals surface area (Å²) in [6, 6.07) is 4.10. The molecule has 0 atom stereocenters. The van der Waals surface area contributed by atoms with Gasteiger partial charge in [-0.25, -0.2) is 0 Å². The van der Waals surface area contributed by atoms with E-state index in [-0.39, 0.29) is 12.2 Å². The first-order chi connectivity index (χ1) is 8.86. The summed E-state index contributed by atoms with van der Waals surface area (Å²) in [5.74, 6) is -0.0234. The van der Waals surface area contributed by atoms with Gasteiger partial charge in [-0.05, 0) is 62.6 Å².